The molecule has 0 amide bonds. The molecule has 0 radical (unpaired) electrons. The summed E-state index contributed by atoms with van der Waals surface area (Å²) in [6, 6.07) is 13.2. The van der Waals surface area contributed by atoms with Crippen LogP contribution in [-0.4, -0.2) is 51.0 Å². The van der Waals surface area contributed by atoms with E-state index in [1.54, 1.807) is 6.07 Å². The molecule has 5 rings (SSSR count). The molecule has 1 N–H and O–H groups in total. The van der Waals surface area contributed by atoms with Crippen molar-refractivity contribution in [3.05, 3.63) is 81.0 Å². The lowest BCUT2D eigenvalue weighted by Crippen LogP contribution is -2.46. The number of anilines is 1. The molecule has 4 aromatic rings. The molecule has 2 aromatic heterocycles. The minimum Gasteiger partial charge on any atom is -0.363 e. The smallest absolute Gasteiger partial charge is 0.293 e. The number of benzene rings is 2. The maximum Gasteiger partial charge on any atom is 0.293 e. The largest absolute Gasteiger partial charge is 0.363 e. The van der Waals surface area contributed by atoms with Gasteiger partial charge in [-0.25, -0.2) is 4.98 Å². The quantitative estimate of drug-likeness (QED) is 0.402. The number of nitro groups is 1. The highest BCUT2D eigenvalue weighted by Crippen LogP contribution is 2.32. The van der Waals surface area contributed by atoms with Gasteiger partial charge in [0, 0.05) is 50.4 Å². The van der Waals surface area contributed by atoms with Crippen molar-refractivity contribution in [2.24, 2.45) is 0 Å². The number of nitro benzene ring substituents is 1. The predicted octanol–water partition coefficient (Wildman–Crippen LogP) is 2.70. The SMILES string of the molecule is O=c1[nH]cnc2cc(N3CCN(Cc4cccc5cccnc45)CC3)c([N+](=O)[O-])cc12. The summed E-state index contributed by atoms with van der Waals surface area (Å²) in [7, 11) is 0. The number of piperazine rings is 1. The summed E-state index contributed by atoms with van der Waals surface area (Å²) in [5.74, 6) is 0. The van der Waals surface area contributed by atoms with Crippen molar-refractivity contribution >= 4 is 33.2 Å². The number of para-hydroxylation sites is 1. The molecular weight excluding hydrogens is 396 g/mol. The maximum atomic E-state index is 12.0. The molecule has 1 aliphatic heterocycles. The molecule has 3 heterocycles. The highest BCUT2D eigenvalue weighted by Gasteiger charge is 2.25. The molecule has 0 aliphatic carbocycles. The van der Waals surface area contributed by atoms with Crippen molar-refractivity contribution in [1.29, 1.82) is 0 Å². The third kappa shape index (κ3) is 3.59. The molecule has 31 heavy (non-hydrogen) atoms. The summed E-state index contributed by atoms with van der Waals surface area (Å²) < 4.78 is 0. The van der Waals surface area contributed by atoms with Gasteiger partial charge < -0.3 is 9.88 Å². The predicted molar refractivity (Wildman–Crippen MR) is 118 cm³/mol. The van der Waals surface area contributed by atoms with Crippen LogP contribution in [0.3, 0.4) is 0 Å². The lowest BCUT2D eigenvalue weighted by Gasteiger charge is -2.36. The summed E-state index contributed by atoms with van der Waals surface area (Å²) in [5, 5.41) is 13.0. The number of hydrogen-bond donors (Lipinski definition) is 1. The van der Waals surface area contributed by atoms with Crippen LogP contribution in [0.4, 0.5) is 11.4 Å². The number of rotatable bonds is 4. The molecule has 9 nitrogen and oxygen atoms in total. The number of nitrogens with one attached hydrogen (secondary N) is 1. The Labute approximate surface area is 177 Å². The summed E-state index contributed by atoms with van der Waals surface area (Å²) in [4.78, 5) is 38.7. The Balaban J connectivity index is 1.38. The minimum atomic E-state index is -0.435. The molecule has 1 fully saturated rings. The first-order valence-corrected chi connectivity index (χ1v) is 10.1. The van der Waals surface area contributed by atoms with Crippen molar-refractivity contribution < 1.29 is 4.92 Å². The fraction of sp³-hybridized carbons (Fsp3) is 0.227. The number of H-pyrrole nitrogens is 1. The van der Waals surface area contributed by atoms with Gasteiger partial charge in [-0.05, 0) is 17.7 Å². The summed E-state index contributed by atoms with van der Waals surface area (Å²) in [5.41, 5.74) is 2.68. The number of nitrogens with zero attached hydrogens (tertiary/aromatic N) is 5. The Kier molecular flexibility index (Phi) is 4.79. The molecule has 0 saturated carbocycles. The van der Waals surface area contributed by atoms with Gasteiger partial charge in [-0.1, -0.05) is 24.3 Å². The Morgan fingerprint density at radius 3 is 2.68 bits per heavy atom. The van der Waals surface area contributed by atoms with Crippen molar-refractivity contribution in [1.82, 2.24) is 19.9 Å². The van der Waals surface area contributed by atoms with Gasteiger partial charge in [0.1, 0.15) is 5.69 Å². The van der Waals surface area contributed by atoms with E-state index in [4.69, 9.17) is 0 Å². The Hall–Kier alpha value is -3.85. The van der Waals surface area contributed by atoms with E-state index in [1.165, 1.54) is 18.0 Å². The van der Waals surface area contributed by atoms with Gasteiger partial charge in [0.25, 0.3) is 11.2 Å². The van der Waals surface area contributed by atoms with Gasteiger partial charge in [0.15, 0.2) is 0 Å². The fourth-order valence-electron chi connectivity index (χ4n) is 4.17. The number of aromatic amines is 1. The van der Waals surface area contributed by atoms with Crippen molar-refractivity contribution in [3.8, 4) is 0 Å². The van der Waals surface area contributed by atoms with E-state index in [0.717, 1.165) is 30.5 Å². The Morgan fingerprint density at radius 1 is 1.06 bits per heavy atom. The molecule has 9 heteroatoms. The molecule has 156 valence electrons. The normalized spacial score (nSPS) is 14.9. The first kappa shape index (κ1) is 19.1. The number of fused-ring (bicyclic) bond motifs is 2. The van der Waals surface area contributed by atoms with E-state index in [2.05, 4.69) is 38.1 Å². The van der Waals surface area contributed by atoms with Crippen LogP contribution >= 0.6 is 0 Å². The minimum absolute atomic E-state index is 0.0716. The van der Waals surface area contributed by atoms with Gasteiger partial charge in [-0.15, -0.1) is 0 Å². The van der Waals surface area contributed by atoms with Crippen LogP contribution in [0.5, 0.6) is 0 Å². The topological polar surface area (TPSA) is 108 Å². The van der Waals surface area contributed by atoms with E-state index >= 15 is 0 Å². The maximum absolute atomic E-state index is 12.0. The highest BCUT2D eigenvalue weighted by atomic mass is 16.6. The summed E-state index contributed by atoms with van der Waals surface area (Å²) >= 11 is 0. The molecule has 0 bridgehead atoms. The van der Waals surface area contributed by atoms with Crippen LogP contribution in [-0.2, 0) is 6.54 Å². The zero-order valence-electron chi connectivity index (χ0n) is 16.7. The van der Waals surface area contributed by atoms with Gasteiger partial charge in [0.05, 0.1) is 27.7 Å². The molecule has 0 atom stereocenters. The summed E-state index contributed by atoms with van der Waals surface area (Å²) in [6.07, 6.45) is 3.12. The first-order valence-electron chi connectivity index (χ1n) is 10.1. The van der Waals surface area contributed by atoms with Crippen LogP contribution in [0.15, 0.2) is 59.8 Å². The van der Waals surface area contributed by atoms with E-state index in [1.807, 2.05) is 23.2 Å². The number of hydrogen-bond acceptors (Lipinski definition) is 7. The van der Waals surface area contributed by atoms with Gasteiger partial charge >= 0.3 is 0 Å². The second kappa shape index (κ2) is 7.77. The van der Waals surface area contributed by atoms with Crippen LogP contribution in [0.25, 0.3) is 21.8 Å². The molecule has 0 spiro atoms. The molecular formula is C22H20N6O3. The van der Waals surface area contributed by atoms with Crippen LogP contribution in [0.2, 0.25) is 0 Å². The van der Waals surface area contributed by atoms with Crippen LogP contribution in [0.1, 0.15) is 5.56 Å². The third-order valence-corrected chi connectivity index (χ3v) is 5.76. The zero-order chi connectivity index (χ0) is 21.4. The van der Waals surface area contributed by atoms with Crippen LogP contribution in [0, 0.1) is 10.1 Å². The first-order chi connectivity index (χ1) is 15.1. The van der Waals surface area contributed by atoms with E-state index in [-0.39, 0.29) is 16.6 Å². The number of aromatic nitrogens is 3. The second-order valence-corrected chi connectivity index (χ2v) is 7.60. The average molecular weight is 416 g/mol. The standard InChI is InChI=1S/C22H20N6O3/c29-22-17-11-20(28(30)31)19(12-18(17)24-14-25-22)27-9-7-26(8-10-27)13-16-4-1-3-15-5-2-6-23-21(15)16/h1-6,11-12,14H,7-10,13H2,(H,24,25,29). The molecule has 0 unspecified atom stereocenters. The van der Waals surface area contributed by atoms with Crippen molar-refractivity contribution in [2.45, 2.75) is 6.54 Å². The van der Waals surface area contributed by atoms with Crippen molar-refractivity contribution in [2.75, 3.05) is 31.1 Å². The third-order valence-electron chi connectivity index (χ3n) is 5.76. The van der Waals surface area contributed by atoms with Gasteiger partial charge in [-0.3, -0.25) is 24.8 Å². The van der Waals surface area contributed by atoms with Crippen molar-refractivity contribution in [3.63, 3.8) is 0 Å². The summed E-state index contributed by atoms with van der Waals surface area (Å²) in [6.45, 7) is 3.60. The van der Waals surface area contributed by atoms with Crippen LogP contribution < -0.4 is 10.5 Å². The molecule has 1 aliphatic rings. The molecule has 1 saturated heterocycles. The second-order valence-electron chi connectivity index (χ2n) is 7.60. The fourth-order valence-corrected chi connectivity index (χ4v) is 4.17. The zero-order valence-corrected chi connectivity index (χ0v) is 16.7. The Bertz CT molecular complexity index is 1340. The molecule has 2 aromatic carbocycles. The average Bonchev–Trinajstić information content (AvgIpc) is 2.79. The van der Waals surface area contributed by atoms with E-state index in [0.29, 0.717) is 24.3 Å². The Morgan fingerprint density at radius 2 is 1.87 bits per heavy atom. The van der Waals surface area contributed by atoms with E-state index in [9.17, 15) is 14.9 Å². The van der Waals surface area contributed by atoms with Gasteiger partial charge in [-0.2, -0.15) is 0 Å². The number of pyridine rings is 1. The lowest BCUT2D eigenvalue weighted by atomic mass is 10.1. The van der Waals surface area contributed by atoms with Gasteiger partial charge in [0.2, 0.25) is 0 Å². The van der Waals surface area contributed by atoms with E-state index < -0.39 is 4.92 Å². The highest BCUT2D eigenvalue weighted by molar-refractivity contribution is 5.87. The lowest BCUT2D eigenvalue weighted by molar-refractivity contribution is -0.384. The monoisotopic (exact) mass is 416 g/mol.